The lowest BCUT2D eigenvalue weighted by molar-refractivity contribution is 0.122. The molecule has 2 aliphatic rings. The highest BCUT2D eigenvalue weighted by Gasteiger charge is 2.27. The summed E-state index contributed by atoms with van der Waals surface area (Å²) in [5, 5.41) is 0. The highest BCUT2D eigenvalue weighted by Crippen LogP contribution is 2.35. The molecule has 0 bridgehead atoms. The second-order valence-electron chi connectivity index (χ2n) is 5.93. The predicted octanol–water partition coefficient (Wildman–Crippen LogP) is 0.735. The maximum absolute atomic E-state index is 5.62. The Morgan fingerprint density at radius 3 is 2.58 bits per heavy atom. The van der Waals surface area contributed by atoms with Crippen LogP contribution < -0.4 is 15.5 Å². The summed E-state index contributed by atoms with van der Waals surface area (Å²) in [7, 11) is 0. The van der Waals surface area contributed by atoms with Gasteiger partial charge in [0.15, 0.2) is 0 Å². The third kappa shape index (κ3) is 2.62. The Hall–Kier alpha value is -2.48. The first-order chi connectivity index (χ1) is 11.8. The zero-order valence-electron chi connectivity index (χ0n) is 13.8. The quantitative estimate of drug-likeness (QED) is 0.882. The van der Waals surface area contributed by atoms with Gasteiger partial charge in [-0.25, -0.2) is 15.0 Å². The average Bonchev–Trinajstić information content (AvgIpc) is 3.05. The van der Waals surface area contributed by atoms with E-state index in [9.17, 15) is 0 Å². The van der Waals surface area contributed by atoms with Crippen LogP contribution in [0.15, 0.2) is 12.4 Å². The molecule has 2 N–H and O–H groups in total. The fraction of sp³-hybridized carbons (Fsp3) is 0.500. The minimum Gasteiger partial charge on any atom is -0.378 e. The minimum absolute atomic E-state index is 0.271. The van der Waals surface area contributed by atoms with E-state index in [1.54, 1.807) is 12.4 Å². The first-order valence-corrected chi connectivity index (χ1v) is 8.32. The number of nitrogens with two attached hydrogens (primary N) is 1. The molecule has 0 amide bonds. The van der Waals surface area contributed by atoms with E-state index in [0.29, 0.717) is 13.2 Å². The fourth-order valence-electron chi connectivity index (χ4n) is 3.22. The molecule has 0 atom stereocenters. The van der Waals surface area contributed by atoms with E-state index in [-0.39, 0.29) is 5.95 Å². The molecule has 2 aliphatic heterocycles. The van der Waals surface area contributed by atoms with Crippen LogP contribution in [0.25, 0.3) is 11.3 Å². The van der Waals surface area contributed by atoms with Crippen molar-refractivity contribution in [1.82, 2.24) is 19.9 Å². The number of hydrogen-bond donors (Lipinski definition) is 1. The molecular formula is C16H21N7O. The number of nitrogen functional groups attached to an aromatic ring is 1. The van der Waals surface area contributed by atoms with E-state index in [2.05, 4.69) is 26.7 Å². The molecule has 0 saturated carbocycles. The van der Waals surface area contributed by atoms with Gasteiger partial charge in [-0.1, -0.05) is 0 Å². The number of aromatic nitrogens is 4. The number of likely N-dealkylation sites (N-methyl/N-ethyl adjacent to an activating group) is 1. The summed E-state index contributed by atoms with van der Waals surface area (Å²) in [4.78, 5) is 22.4. The SMILES string of the molecule is CCN1CCc2c(-c3cnc(N)nc3)nc(N3CCOCC3)nc21. The Kier molecular flexibility index (Phi) is 3.89. The molecule has 4 heterocycles. The van der Waals surface area contributed by atoms with Gasteiger partial charge in [0.2, 0.25) is 11.9 Å². The van der Waals surface area contributed by atoms with Crippen molar-refractivity contribution in [3.8, 4) is 11.3 Å². The maximum atomic E-state index is 5.62. The number of nitrogens with zero attached hydrogens (tertiary/aromatic N) is 6. The largest absolute Gasteiger partial charge is 0.378 e. The van der Waals surface area contributed by atoms with Gasteiger partial charge in [0.05, 0.1) is 18.9 Å². The van der Waals surface area contributed by atoms with Crippen LogP contribution in [0.3, 0.4) is 0 Å². The highest BCUT2D eigenvalue weighted by molar-refractivity contribution is 5.72. The Balaban J connectivity index is 1.82. The van der Waals surface area contributed by atoms with Gasteiger partial charge in [-0.3, -0.25) is 0 Å². The Bertz CT molecular complexity index is 728. The molecule has 0 unspecified atom stereocenters. The lowest BCUT2D eigenvalue weighted by atomic mass is 10.1. The number of fused-ring (bicyclic) bond motifs is 1. The normalized spacial score (nSPS) is 17.2. The van der Waals surface area contributed by atoms with Crippen LogP contribution in [0.5, 0.6) is 0 Å². The molecule has 126 valence electrons. The smallest absolute Gasteiger partial charge is 0.228 e. The number of morpholine rings is 1. The fourth-order valence-corrected chi connectivity index (χ4v) is 3.22. The summed E-state index contributed by atoms with van der Waals surface area (Å²) in [6.45, 7) is 7.08. The maximum Gasteiger partial charge on any atom is 0.228 e. The monoisotopic (exact) mass is 327 g/mol. The summed E-state index contributed by atoms with van der Waals surface area (Å²) >= 11 is 0. The van der Waals surface area contributed by atoms with Gasteiger partial charge in [-0.2, -0.15) is 4.98 Å². The second-order valence-corrected chi connectivity index (χ2v) is 5.93. The van der Waals surface area contributed by atoms with E-state index in [1.165, 1.54) is 5.56 Å². The molecule has 0 aromatic carbocycles. The molecule has 1 saturated heterocycles. The van der Waals surface area contributed by atoms with E-state index >= 15 is 0 Å². The zero-order valence-corrected chi connectivity index (χ0v) is 13.8. The first kappa shape index (κ1) is 15.1. The molecule has 24 heavy (non-hydrogen) atoms. The third-order valence-electron chi connectivity index (χ3n) is 4.53. The van der Waals surface area contributed by atoms with Crippen molar-refractivity contribution >= 4 is 17.7 Å². The molecule has 4 rings (SSSR count). The third-order valence-corrected chi connectivity index (χ3v) is 4.53. The summed E-state index contributed by atoms with van der Waals surface area (Å²) in [6, 6.07) is 0. The molecule has 2 aromatic heterocycles. The number of ether oxygens (including phenoxy) is 1. The second kappa shape index (κ2) is 6.20. The van der Waals surface area contributed by atoms with E-state index in [0.717, 1.165) is 55.6 Å². The lowest BCUT2D eigenvalue weighted by Gasteiger charge is -2.28. The van der Waals surface area contributed by atoms with Gasteiger partial charge >= 0.3 is 0 Å². The van der Waals surface area contributed by atoms with Crippen molar-refractivity contribution in [2.24, 2.45) is 0 Å². The van der Waals surface area contributed by atoms with Gasteiger partial charge in [0.1, 0.15) is 5.82 Å². The van der Waals surface area contributed by atoms with Crippen LogP contribution >= 0.6 is 0 Å². The van der Waals surface area contributed by atoms with Gasteiger partial charge in [-0.05, 0) is 13.3 Å². The Morgan fingerprint density at radius 1 is 1.12 bits per heavy atom. The van der Waals surface area contributed by atoms with Crippen molar-refractivity contribution in [2.45, 2.75) is 13.3 Å². The van der Waals surface area contributed by atoms with Crippen molar-refractivity contribution in [3.63, 3.8) is 0 Å². The first-order valence-electron chi connectivity index (χ1n) is 8.32. The van der Waals surface area contributed by atoms with E-state index < -0.39 is 0 Å². The standard InChI is InChI=1S/C16H21N7O/c1-2-22-4-3-12-13(11-9-18-15(17)19-10-11)20-16(21-14(12)22)23-5-7-24-8-6-23/h9-10H,2-8H2,1H3,(H2,17,18,19). The van der Waals surface area contributed by atoms with Crippen molar-refractivity contribution in [2.75, 3.05) is 54.9 Å². The van der Waals surface area contributed by atoms with Gasteiger partial charge in [-0.15, -0.1) is 0 Å². The zero-order chi connectivity index (χ0) is 16.5. The summed E-state index contributed by atoms with van der Waals surface area (Å²) in [5.74, 6) is 2.05. The number of rotatable bonds is 3. The van der Waals surface area contributed by atoms with Crippen LogP contribution in [0.4, 0.5) is 17.7 Å². The summed E-state index contributed by atoms with van der Waals surface area (Å²) in [5.41, 5.74) is 8.59. The van der Waals surface area contributed by atoms with Gasteiger partial charge < -0.3 is 20.3 Å². The molecule has 8 heteroatoms. The molecule has 1 fully saturated rings. The molecule has 0 aliphatic carbocycles. The van der Waals surface area contributed by atoms with Crippen LogP contribution in [-0.4, -0.2) is 59.3 Å². The molecule has 0 radical (unpaired) electrons. The van der Waals surface area contributed by atoms with Crippen LogP contribution in [-0.2, 0) is 11.2 Å². The Labute approximate surface area is 140 Å². The molecule has 2 aromatic rings. The highest BCUT2D eigenvalue weighted by atomic mass is 16.5. The molecule has 8 nitrogen and oxygen atoms in total. The van der Waals surface area contributed by atoms with Gasteiger partial charge in [0, 0.05) is 49.7 Å². The van der Waals surface area contributed by atoms with Crippen molar-refractivity contribution in [3.05, 3.63) is 18.0 Å². The number of anilines is 3. The predicted molar refractivity (Wildman–Crippen MR) is 92.1 cm³/mol. The lowest BCUT2D eigenvalue weighted by Crippen LogP contribution is -2.37. The topological polar surface area (TPSA) is 93.3 Å². The molecule has 0 spiro atoms. The minimum atomic E-state index is 0.271. The van der Waals surface area contributed by atoms with Crippen LogP contribution in [0.1, 0.15) is 12.5 Å². The van der Waals surface area contributed by atoms with E-state index in [1.807, 2.05) is 0 Å². The Morgan fingerprint density at radius 2 is 1.88 bits per heavy atom. The van der Waals surface area contributed by atoms with Gasteiger partial charge in [0.25, 0.3) is 0 Å². The summed E-state index contributed by atoms with van der Waals surface area (Å²) in [6.07, 6.45) is 4.41. The summed E-state index contributed by atoms with van der Waals surface area (Å²) < 4.78 is 5.44. The van der Waals surface area contributed by atoms with Crippen molar-refractivity contribution in [1.29, 1.82) is 0 Å². The van der Waals surface area contributed by atoms with Crippen molar-refractivity contribution < 1.29 is 4.74 Å². The van der Waals surface area contributed by atoms with E-state index in [4.69, 9.17) is 20.4 Å². The average molecular weight is 327 g/mol. The van der Waals surface area contributed by atoms with Crippen LogP contribution in [0, 0.1) is 0 Å². The van der Waals surface area contributed by atoms with Crippen LogP contribution in [0.2, 0.25) is 0 Å². The number of hydrogen-bond acceptors (Lipinski definition) is 8. The molecular weight excluding hydrogens is 306 g/mol.